The lowest BCUT2D eigenvalue weighted by atomic mass is 10.1. The zero-order valence-electron chi connectivity index (χ0n) is 16.4. The van der Waals surface area contributed by atoms with E-state index >= 15 is 0 Å². The molecule has 2 aromatic heterocycles. The second kappa shape index (κ2) is 9.93. The van der Waals surface area contributed by atoms with Gasteiger partial charge in [0.1, 0.15) is 0 Å². The quantitative estimate of drug-likeness (QED) is 0.510. The first-order chi connectivity index (χ1) is 14.0. The van der Waals surface area contributed by atoms with Crippen LogP contribution in [0.3, 0.4) is 0 Å². The van der Waals surface area contributed by atoms with Gasteiger partial charge in [-0.25, -0.2) is 9.67 Å². The van der Waals surface area contributed by atoms with Crippen molar-refractivity contribution < 1.29 is 14.3 Å². The first-order valence-corrected chi connectivity index (χ1v) is 10.4. The number of nitrogens with zero attached hydrogens (tertiary/aromatic N) is 4. The highest BCUT2D eigenvalue weighted by atomic mass is 35.5. The van der Waals surface area contributed by atoms with Gasteiger partial charge in [-0.15, -0.1) is 16.4 Å². The largest absolute Gasteiger partial charge is 0.351 e. The van der Waals surface area contributed by atoms with Crippen LogP contribution in [0.2, 0.25) is 5.02 Å². The second-order valence-electron chi connectivity index (χ2n) is 6.05. The number of anilines is 1. The normalized spacial score (nSPS) is 11.2. The molecule has 0 unspecified atom stereocenters. The molecule has 0 fully saturated rings. The highest BCUT2D eigenvalue weighted by Gasteiger charge is 2.17. The second-order valence-corrected chi connectivity index (χ2v) is 7.69. The molecule has 0 aliphatic rings. The van der Waals surface area contributed by atoms with Crippen LogP contribution in [0, 0.1) is 6.92 Å². The molecule has 0 saturated carbocycles. The average molecular weight is 436 g/mol. The van der Waals surface area contributed by atoms with Crippen molar-refractivity contribution in [1.82, 2.24) is 20.0 Å². The molecule has 0 atom stereocenters. The molecule has 0 radical (unpaired) electrons. The molecule has 0 aliphatic carbocycles. The van der Waals surface area contributed by atoms with Crippen LogP contribution >= 0.6 is 22.9 Å². The Morgan fingerprint density at radius 2 is 1.93 bits per heavy atom. The third-order valence-corrected chi connectivity index (χ3v) is 5.09. The van der Waals surface area contributed by atoms with Crippen molar-refractivity contribution in [3.63, 3.8) is 0 Å². The van der Waals surface area contributed by atoms with E-state index in [4.69, 9.17) is 21.1 Å². The number of ether oxygens (including phenoxy) is 2. The smallest absolute Gasteiger partial charge is 0.279 e. The van der Waals surface area contributed by atoms with E-state index in [2.05, 4.69) is 20.6 Å². The summed E-state index contributed by atoms with van der Waals surface area (Å²) in [7, 11) is 0. The molecule has 1 aromatic carbocycles. The minimum atomic E-state index is -0.439. The maximum atomic E-state index is 12.5. The van der Waals surface area contributed by atoms with E-state index in [-0.39, 0.29) is 11.6 Å². The van der Waals surface area contributed by atoms with Crippen LogP contribution in [0.5, 0.6) is 0 Å². The number of hydrogen-bond acceptors (Lipinski definition) is 7. The minimum Gasteiger partial charge on any atom is -0.351 e. The van der Waals surface area contributed by atoms with Gasteiger partial charge in [0, 0.05) is 28.7 Å². The maximum Gasteiger partial charge on any atom is 0.279 e. The molecule has 3 aromatic rings. The van der Waals surface area contributed by atoms with E-state index in [1.54, 1.807) is 6.20 Å². The highest BCUT2D eigenvalue weighted by molar-refractivity contribution is 7.16. The SMILES string of the molecule is CCOC(Cn1cc(C(=O)Nc2nc(-c3ccc(Cl)cc3)c(C)s2)nn1)OCC. The molecule has 10 heteroatoms. The minimum absolute atomic E-state index is 0.192. The fourth-order valence-electron chi connectivity index (χ4n) is 2.66. The van der Waals surface area contributed by atoms with Crippen molar-refractivity contribution >= 4 is 34.0 Å². The van der Waals surface area contributed by atoms with Crippen LogP contribution in [0.15, 0.2) is 30.5 Å². The zero-order chi connectivity index (χ0) is 20.8. The number of carbonyl (C=O) groups is 1. The summed E-state index contributed by atoms with van der Waals surface area (Å²) in [5.74, 6) is -0.378. The molecule has 0 spiro atoms. The molecule has 154 valence electrons. The van der Waals surface area contributed by atoms with Crippen molar-refractivity contribution in [1.29, 1.82) is 0 Å². The summed E-state index contributed by atoms with van der Waals surface area (Å²) in [6, 6.07) is 7.41. The van der Waals surface area contributed by atoms with Crippen molar-refractivity contribution in [2.45, 2.75) is 33.6 Å². The van der Waals surface area contributed by atoms with Gasteiger partial charge in [0.2, 0.25) is 0 Å². The van der Waals surface area contributed by atoms with Crippen LogP contribution < -0.4 is 5.32 Å². The summed E-state index contributed by atoms with van der Waals surface area (Å²) in [6.45, 7) is 7.12. The summed E-state index contributed by atoms with van der Waals surface area (Å²) in [5, 5.41) is 11.8. The predicted molar refractivity (Wildman–Crippen MR) is 112 cm³/mol. The van der Waals surface area contributed by atoms with E-state index in [9.17, 15) is 4.79 Å². The monoisotopic (exact) mass is 435 g/mol. The Labute approximate surface area is 177 Å². The van der Waals surface area contributed by atoms with Gasteiger partial charge >= 0.3 is 0 Å². The summed E-state index contributed by atoms with van der Waals surface area (Å²) >= 11 is 7.34. The average Bonchev–Trinajstić information content (AvgIpc) is 3.29. The van der Waals surface area contributed by atoms with Crippen LogP contribution in [-0.2, 0) is 16.0 Å². The molecule has 29 heavy (non-hydrogen) atoms. The number of aryl methyl sites for hydroxylation is 1. The topological polar surface area (TPSA) is 91.2 Å². The zero-order valence-corrected chi connectivity index (χ0v) is 18.0. The number of nitrogens with one attached hydrogen (secondary N) is 1. The first kappa shape index (κ1) is 21.4. The molecule has 1 amide bonds. The van der Waals surface area contributed by atoms with E-state index in [0.29, 0.717) is 29.9 Å². The lowest BCUT2D eigenvalue weighted by molar-refractivity contribution is -0.145. The standard InChI is InChI=1S/C19H22ClN5O3S/c1-4-27-16(28-5-2)11-25-10-15(23-24-25)18(26)22-19-21-17(12(3)29-19)13-6-8-14(20)9-7-13/h6-10,16H,4-5,11H2,1-3H3,(H,21,22,26). The first-order valence-electron chi connectivity index (χ1n) is 9.18. The third kappa shape index (κ3) is 5.60. The Kier molecular flexibility index (Phi) is 7.32. The van der Waals surface area contributed by atoms with Crippen molar-refractivity contribution in [2.24, 2.45) is 0 Å². The molecule has 3 rings (SSSR count). The summed E-state index contributed by atoms with van der Waals surface area (Å²) < 4.78 is 12.5. The van der Waals surface area contributed by atoms with E-state index in [1.807, 2.05) is 45.0 Å². The van der Waals surface area contributed by atoms with Gasteiger partial charge in [-0.05, 0) is 32.9 Å². The van der Waals surface area contributed by atoms with E-state index in [1.165, 1.54) is 16.0 Å². The van der Waals surface area contributed by atoms with Gasteiger partial charge < -0.3 is 9.47 Å². The van der Waals surface area contributed by atoms with E-state index < -0.39 is 6.29 Å². The highest BCUT2D eigenvalue weighted by Crippen LogP contribution is 2.31. The molecule has 0 bridgehead atoms. The van der Waals surface area contributed by atoms with Gasteiger partial charge in [-0.3, -0.25) is 10.1 Å². The molecule has 8 nitrogen and oxygen atoms in total. The van der Waals surface area contributed by atoms with Crippen molar-refractivity contribution in [2.75, 3.05) is 18.5 Å². The van der Waals surface area contributed by atoms with Crippen LogP contribution in [0.4, 0.5) is 5.13 Å². The van der Waals surface area contributed by atoms with Crippen molar-refractivity contribution in [3.8, 4) is 11.3 Å². The predicted octanol–water partition coefficient (Wildman–Crippen LogP) is 4.01. The van der Waals surface area contributed by atoms with Gasteiger partial charge in [0.25, 0.3) is 5.91 Å². The van der Waals surface area contributed by atoms with E-state index in [0.717, 1.165) is 16.1 Å². The molecule has 0 saturated heterocycles. The number of aromatic nitrogens is 4. The number of hydrogen-bond donors (Lipinski definition) is 1. The molecule has 0 aliphatic heterocycles. The fourth-order valence-corrected chi connectivity index (χ4v) is 3.61. The Morgan fingerprint density at radius 1 is 1.24 bits per heavy atom. The van der Waals surface area contributed by atoms with Crippen LogP contribution in [0.25, 0.3) is 11.3 Å². The number of benzene rings is 1. The van der Waals surface area contributed by atoms with Crippen LogP contribution in [0.1, 0.15) is 29.2 Å². The lowest BCUT2D eigenvalue weighted by Gasteiger charge is -2.16. The Bertz CT molecular complexity index is 951. The van der Waals surface area contributed by atoms with Gasteiger partial charge in [0.05, 0.1) is 18.4 Å². The summed E-state index contributed by atoms with van der Waals surface area (Å²) in [6.07, 6.45) is 1.12. The van der Waals surface area contributed by atoms with Gasteiger partial charge in [-0.1, -0.05) is 28.9 Å². The van der Waals surface area contributed by atoms with Gasteiger partial charge in [0.15, 0.2) is 17.1 Å². The number of halogens is 1. The number of carbonyl (C=O) groups excluding carboxylic acids is 1. The Balaban J connectivity index is 1.67. The summed E-state index contributed by atoms with van der Waals surface area (Å²) in [5.41, 5.74) is 1.94. The fraction of sp³-hybridized carbons (Fsp3) is 0.368. The molecular weight excluding hydrogens is 414 g/mol. The number of thiazole rings is 1. The number of rotatable bonds is 9. The number of amides is 1. The Hall–Kier alpha value is -2.33. The third-order valence-electron chi connectivity index (χ3n) is 3.95. The van der Waals surface area contributed by atoms with Crippen molar-refractivity contribution in [3.05, 3.63) is 46.1 Å². The molecule has 2 heterocycles. The van der Waals surface area contributed by atoms with Crippen LogP contribution in [-0.4, -0.2) is 45.4 Å². The maximum absolute atomic E-state index is 12.5. The van der Waals surface area contributed by atoms with Gasteiger partial charge in [-0.2, -0.15) is 0 Å². The molecular formula is C19H22ClN5O3S. The Morgan fingerprint density at radius 3 is 2.59 bits per heavy atom. The lowest BCUT2D eigenvalue weighted by Crippen LogP contribution is -2.24. The summed E-state index contributed by atoms with van der Waals surface area (Å²) in [4.78, 5) is 18.0. The molecule has 1 N–H and O–H groups in total.